The Labute approximate surface area is 117 Å². The van der Waals surface area contributed by atoms with E-state index in [1.165, 1.54) is 11.1 Å². The maximum absolute atomic E-state index is 5.43. The van der Waals surface area contributed by atoms with Gasteiger partial charge in [-0.1, -0.05) is 19.1 Å². The van der Waals surface area contributed by atoms with Crippen LogP contribution in [0.1, 0.15) is 31.9 Å². The highest BCUT2D eigenvalue weighted by molar-refractivity contribution is 5.37. The molecular formula is C16H28N2O. The Morgan fingerprint density at radius 2 is 2.00 bits per heavy atom. The molecule has 3 nitrogen and oxygen atoms in total. The first-order valence-corrected chi connectivity index (χ1v) is 7.08. The summed E-state index contributed by atoms with van der Waals surface area (Å²) in [5.74, 6) is 0.991. The molecule has 0 aliphatic rings. The first-order chi connectivity index (χ1) is 9.02. The maximum Gasteiger partial charge on any atom is 0.122 e. The average molecular weight is 264 g/mol. The molecule has 108 valence electrons. The first kappa shape index (κ1) is 16.0. The number of likely N-dealkylation sites (N-methyl/N-ethyl adjacent to an activating group) is 1. The van der Waals surface area contributed by atoms with Crippen LogP contribution in [-0.2, 0) is 12.8 Å². The van der Waals surface area contributed by atoms with Gasteiger partial charge in [0.05, 0.1) is 7.11 Å². The highest BCUT2D eigenvalue weighted by Crippen LogP contribution is 2.20. The minimum absolute atomic E-state index is 0.115. The standard InChI is InChI=1S/C16H28N2O/c1-6-13-7-8-15(19-5)14(11-13)9-10-18-16(2,3)12-17-4/h7-8,11,17-18H,6,9-10,12H2,1-5H3. The second kappa shape index (κ2) is 7.51. The minimum Gasteiger partial charge on any atom is -0.496 e. The lowest BCUT2D eigenvalue weighted by Gasteiger charge is -2.26. The van der Waals surface area contributed by atoms with Gasteiger partial charge in [-0.15, -0.1) is 0 Å². The minimum atomic E-state index is 0.115. The van der Waals surface area contributed by atoms with Gasteiger partial charge in [0.2, 0.25) is 0 Å². The van der Waals surface area contributed by atoms with Crippen molar-refractivity contribution in [2.75, 3.05) is 27.2 Å². The molecular weight excluding hydrogens is 236 g/mol. The molecule has 0 aliphatic heterocycles. The lowest BCUT2D eigenvalue weighted by atomic mass is 10.0. The lowest BCUT2D eigenvalue weighted by Crippen LogP contribution is -2.47. The zero-order chi connectivity index (χ0) is 14.3. The van der Waals surface area contributed by atoms with Crippen LogP contribution < -0.4 is 15.4 Å². The van der Waals surface area contributed by atoms with E-state index in [-0.39, 0.29) is 5.54 Å². The molecule has 1 aromatic rings. The third-order valence-electron chi connectivity index (χ3n) is 3.37. The van der Waals surface area contributed by atoms with Crippen molar-refractivity contribution < 1.29 is 4.74 Å². The van der Waals surface area contributed by atoms with Crippen molar-refractivity contribution >= 4 is 0 Å². The summed E-state index contributed by atoms with van der Waals surface area (Å²) in [5, 5.41) is 6.79. The Bertz CT molecular complexity index is 388. The van der Waals surface area contributed by atoms with Crippen molar-refractivity contribution in [3.05, 3.63) is 29.3 Å². The van der Waals surface area contributed by atoms with E-state index < -0.39 is 0 Å². The van der Waals surface area contributed by atoms with E-state index in [9.17, 15) is 0 Å². The van der Waals surface area contributed by atoms with E-state index in [0.717, 1.165) is 31.7 Å². The predicted molar refractivity (Wildman–Crippen MR) is 82.1 cm³/mol. The predicted octanol–water partition coefficient (Wildman–Crippen LogP) is 2.39. The van der Waals surface area contributed by atoms with Crippen LogP contribution in [0.4, 0.5) is 0 Å². The van der Waals surface area contributed by atoms with Gasteiger partial charge in [0, 0.05) is 12.1 Å². The highest BCUT2D eigenvalue weighted by atomic mass is 16.5. The molecule has 1 aromatic carbocycles. The third-order valence-corrected chi connectivity index (χ3v) is 3.37. The summed E-state index contributed by atoms with van der Waals surface area (Å²) in [4.78, 5) is 0. The Kier molecular flexibility index (Phi) is 6.32. The van der Waals surface area contributed by atoms with E-state index >= 15 is 0 Å². The second-order valence-corrected chi connectivity index (χ2v) is 5.59. The zero-order valence-corrected chi connectivity index (χ0v) is 13.0. The quantitative estimate of drug-likeness (QED) is 0.756. The molecule has 0 fully saturated rings. The van der Waals surface area contributed by atoms with E-state index in [2.05, 4.69) is 49.6 Å². The molecule has 0 unspecified atom stereocenters. The van der Waals surface area contributed by atoms with Crippen molar-refractivity contribution in [2.45, 2.75) is 39.2 Å². The molecule has 0 radical (unpaired) electrons. The first-order valence-electron chi connectivity index (χ1n) is 7.08. The largest absolute Gasteiger partial charge is 0.496 e. The smallest absolute Gasteiger partial charge is 0.122 e. The number of nitrogens with one attached hydrogen (secondary N) is 2. The second-order valence-electron chi connectivity index (χ2n) is 5.59. The number of methoxy groups -OCH3 is 1. The van der Waals surface area contributed by atoms with Gasteiger partial charge in [0.1, 0.15) is 5.75 Å². The van der Waals surface area contributed by atoms with Gasteiger partial charge >= 0.3 is 0 Å². The average Bonchev–Trinajstić information content (AvgIpc) is 2.38. The van der Waals surface area contributed by atoms with Crippen molar-refractivity contribution in [1.29, 1.82) is 0 Å². The Balaban J connectivity index is 2.61. The molecule has 3 heteroatoms. The summed E-state index contributed by atoms with van der Waals surface area (Å²) in [6.45, 7) is 8.52. The fraction of sp³-hybridized carbons (Fsp3) is 0.625. The van der Waals surface area contributed by atoms with Crippen LogP contribution in [0.5, 0.6) is 5.75 Å². The summed E-state index contributed by atoms with van der Waals surface area (Å²) in [6, 6.07) is 6.47. The molecule has 0 amide bonds. The van der Waals surface area contributed by atoms with Gasteiger partial charge in [-0.25, -0.2) is 0 Å². The summed E-state index contributed by atoms with van der Waals surface area (Å²) in [7, 11) is 3.72. The summed E-state index contributed by atoms with van der Waals surface area (Å²) >= 11 is 0. The molecule has 0 aromatic heterocycles. The fourth-order valence-electron chi connectivity index (χ4n) is 2.29. The Hall–Kier alpha value is -1.06. The van der Waals surface area contributed by atoms with Gasteiger partial charge in [-0.05, 0) is 57.5 Å². The Morgan fingerprint density at radius 1 is 1.26 bits per heavy atom. The van der Waals surface area contributed by atoms with E-state index in [0.29, 0.717) is 0 Å². The summed E-state index contributed by atoms with van der Waals surface area (Å²) in [6.07, 6.45) is 2.06. The van der Waals surface area contributed by atoms with Crippen LogP contribution in [0.25, 0.3) is 0 Å². The van der Waals surface area contributed by atoms with Crippen LogP contribution in [-0.4, -0.2) is 32.8 Å². The summed E-state index contributed by atoms with van der Waals surface area (Å²) < 4.78 is 5.43. The van der Waals surface area contributed by atoms with Crippen LogP contribution >= 0.6 is 0 Å². The molecule has 0 saturated carbocycles. The Morgan fingerprint density at radius 3 is 2.58 bits per heavy atom. The molecule has 0 spiro atoms. The van der Waals surface area contributed by atoms with E-state index in [1.807, 2.05) is 7.05 Å². The van der Waals surface area contributed by atoms with Crippen LogP contribution in [0.15, 0.2) is 18.2 Å². The normalized spacial score (nSPS) is 11.6. The monoisotopic (exact) mass is 264 g/mol. The topological polar surface area (TPSA) is 33.3 Å². The molecule has 0 bridgehead atoms. The molecule has 1 rings (SSSR count). The third kappa shape index (κ3) is 5.21. The van der Waals surface area contributed by atoms with Gasteiger partial charge in [0.15, 0.2) is 0 Å². The van der Waals surface area contributed by atoms with Crippen LogP contribution in [0.2, 0.25) is 0 Å². The van der Waals surface area contributed by atoms with Crippen molar-refractivity contribution in [3.63, 3.8) is 0 Å². The number of benzene rings is 1. The SMILES string of the molecule is CCc1ccc(OC)c(CCNC(C)(C)CNC)c1. The van der Waals surface area contributed by atoms with Crippen molar-refractivity contribution in [3.8, 4) is 5.75 Å². The van der Waals surface area contributed by atoms with Crippen molar-refractivity contribution in [2.24, 2.45) is 0 Å². The molecule has 0 aliphatic carbocycles. The molecule has 0 atom stereocenters. The number of hydrogen-bond donors (Lipinski definition) is 2. The number of aryl methyl sites for hydroxylation is 1. The lowest BCUT2D eigenvalue weighted by molar-refractivity contribution is 0.374. The zero-order valence-electron chi connectivity index (χ0n) is 13.0. The number of rotatable bonds is 8. The molecule has 0 saturated heterocycles. The van der Waals surface area contributed by atoms with Gasteiger partial charge in [-0.2, -0.15) is 0 Å². The maximum atomic E-state index is 5.43. The molecule has 0 heterocycles. The van der Waals surface area contributed by atoms with Crippen LogP contribution in [0.3, 0.4) is 0 Å². The molecule has 2 N–H and O–H groups in total. The molecule has 19 heavy (non-hydrogen) atoms. The van der Waals surface area contributed by atoms with Gasteiger partial charge in [-0.3, -0.25) is 0 Å². The van der Waals surface area contributed by atoms with Gasteiger partial charge in [0.25, 0.3) is 0 Å². The highest BCUT2D eigenvalue weighted by Gasteiger charge is 2.15. The number of hydrogen-bond acceptors (Lipinski definition) is 3. The number of ether oxygens (including phenoxy) is 1. The van der Waals surface area contributed by atoms with Crippen LogP contribution in [0, 0.1) is 0 Å². The van der Waals surface area contributed by atoms with Crippen molar-refractivity contribution in [1.82, 2.24) is 10.6 Å². The van der Waals surface area contributed by atoms with Gasteiger partial charge < -0.3 is 15.4 Å². The fourth-order valence-corrected chi connectivity index (χ4v) is 2.29. The van der Waals surface area contributed by atoms with E-state index in [1.54, 1.807) is 7.11 Å². The summed E-state index contributed by atoms with van der Waals surface area (Å²) in [5.41, 5.74) is 2.77. The van der Waals surface area contributed by atoms with E-state index in [4.69, 9.17) is 4.74 Å².